The van der Waals surface area contributed by atoms with Gasteiger partial charge in [0.05, 0.1) is 31.2 Å². The largest absolute Gasteiger partial charge is 0.439 e. The SMILES string of the molecule is CCc1cc2c(=O)n(CC(O)C(C)(C)CO)c(=O)n(Cc3ccc(-c4ccccc4-c4noc(=O)[nH]4)cc3)c2s1. The van der Waals surface area contributed by atoms with Crippen molar-refractivity contribution < 1.29 is 14.7 Å². The molecule has 0 saturated carbocycles. The molecule has 5 rings (SSSR count). The van der Waals surface area contributed by atoms with Crippen molar-refractivity contribution in [3.8, 4) is 22.5 Å². The molecule has 2 aromatic carbocycles. The number of H-pyrrole nitrogens is 1. The minimum atomic E-state index is -1.10. The van der Waals surface area contributed by atoms with Gasteiger partial charge in [0.1, 0.15) is 4.83 Å². The lowest BCUT2D eigenvalue weighted by atomic mass is 9.87. The molecule has 0 amide bonds. The van der Waals surface area contributed by atoms with Crippen LogP contribution in [0.15, 0.2) is 73.5 Å². The summed E-state index contributed by atoms with van der Waals surface area (Å²) in [6, 6.07) is 17.0. The highest BCUT2D eigenvalue weighted by Crippen LogP contribution is 2.30. The Labute approximate surface area is 232 Å². The summed E-state index contributed by atoms with van der Waals surface area (Å²) in [6.45, 7) is 5.05. The zero-order chi connectivity index (χ0) is 28.6. The number of rotatable bonds is 9. The summed E-state index contributed by atoms with van der Waals surface area (Å²) < 4.78 is 7.31. The summed E-state index contributed by atoms with van der Waals surface area (Å²) in [5.41, 5.74) is 1.42. The number of aromatic amines is 1. The first-order valence-electron chi connectivity index (χ1n) is 12.9. The van der Waals surface area contributed by atoms with Crippen LogP contribution in [-0.2, 0) is 19.5 Å². The fourth-order valence-corrected chi connectivity index (χ4v) is 5.59. The van der Waals surface area contributed by atoms with Crippen molar-refractivity contribution in [1.29, 1.82) is 0 Å². The first kappa shape index (κ1) is 27.5. The van der Waals surface area contributed by atoms with Crippen molar-refractivity contribution in [2.45, 2.75) is 46.4 Å². The van der Waals surface area contributed by atoms with Crippen molar-refractivity contribution in [3.05, 3.63) is 96.4 Å². The summed E-state index contributed by atoms with van der Waals surface area (Å²) in [7, 11) is 0. The van der Waals surface area contributed by atoms with Gasteiger partial charge in [0, 0.05) is 15.9 Å². The summed E-state index contributed by atoms with van der Waals surface area (Å²) in [5, 5.41) is 24.6. The molecule has 0 aliphatic rings. The number of nitrogens with one attached hydrogen (secondary N) is 1. The van der Waals surface area contributed by atoms with Gasteiger partial charge >= 0.3 is 11.4 Å². The van der Waals surface area contributed by atoms with Gasteiger partial charge in [-0.25, -0.2) is 9.59 Å². The Hall–Kier alpha value is -4.06. The first-order chi connectivity index (χ1) is 19.1. The molecule has 3 heterocycles. The van der Waals surface area contributed by atoms with E-state index < -0.39 is 28.5 Å². The van der Waals surface area contributed by atoms with Gasteiger partial charge in [-0.15, -0.1) is 11.3 Å². The molecule has 0 fully saturated rings. The molecule has 1 unspecified atom stereocenters. The van der Waals surface area contributed by atoms with E-state index in [1.807, 2.05) is 61.5 Å². The van der Waals surface area contributed by atoms with E-state index in [0.717, 1.165) is 32.6 Å². The molecule has 0 aliphatic heterocycles. The van der Waals surface area contributed by atoms with Crippen molar-refractivity contribution in [2.75, 3.05) is 6.61 Å². The Morgan fingerprint density at radius 1 is 1.05 bits per heavy atom. The molecule has 0 bridgehead atoms. The van der Waals surface area contributed by atoms with E-state index in [0.29, 0.717) is 21.6 Å². The highest BCUT2D eigenvalue weighted by molar-refractivity contribution is 7.18. The fraction of sp³-hybridized carbons (Fsp3) is 0.310. The molecule has 0 aliphatic carbocycles. The third kappa shape index (κ3) is 5.10. The van der Waals surface area contributed by atoms with Crippen LogP contribution >= 0.6 is 11.3 Å². The summed E-state index contributed by atoms with van der Waals surface area (Å²) in [6.07, 6.45) is -0.380. The van der Waals surface area contributed by atoms with Gasteiger partial charge in [0.2, 0.25) is 0 Å². The predicted molar refractivity (Wildman–Crippen MR) is 154 cm³/mol. The van der Waals surface area contributed by atoms with Gasteiger partial charge in [-0.3, -0.25) is 23.4 Å². The fourth-order valence-electron chi connectivity index (χ4n) is 4.51. The lowest BCUT2D eigenvalue weighted by Crippen LogP contribution is -2.46. The number of fused-ring (bicyclic) bond motifs is 1. The molecule has 11 heteroatoms. The second-order valence-electron chi connectivity index (χ2n) is 10.4. The van der Waals surface area contributed by atoms with Gasteiger partial charge in [-0.05, 0) is 29.2 Å². The monoisotopic (exact) mass is 562 g/mol. The maximum atomic E-state index is 13.7. The molecule has 3 N–H and O–H groups in total. The number of hydrogen-bond acceptors (Lipinski definition) is 8. The first-order valence-corrected chi connectivity index (χ1v) is 13.7. The van der Waals surface area contributed by atoms with Crippen LogP contribution in [0.2, 0.25) is 0 Å². The minimum absolute atomic E-state index is 0.220. The third-order valence-electron chi connectivity index (χ3n) is 7.19. The van der Waals surface area contributed by atoms with Gasteiger partial charge in [-0.2, -0.15) is 0 Å². The number of benzene rings is 2. The zero-order valence-corrected chi connectivity index (χ0v) is 23.2. The Morgan fingerprint density at radius 3 is 2.38 bits per heavy atom. The van der Waals surface area contributed by atoms with Crippen LogP contribution < -0.4 is 17.0 Å². The van der Waals surface area contributed by atoms with E-state index in [-0.39, 0.29) is 19.7 Å². The molecule has 1 atom stereocenters. The Kier molecular flexibility index (Phi) is 7.45. The summed E-state index contributed by atoms with van der Waals surface area (Å²) >= 11 is 1.41. The average molecular weight is 563 g/mol. The molecule has 0 saturated heterocycles. The van der Waals surface area contributed by atoms with E-state index in [1.165, 1.54) is 11.3 Å². The third-order valence-corrected chi connectivity index (χ3v) is 8.49. The van der Waals surface area contributed by atoms with E-state index in [4.69, 9.17) is 0 Å². The highest BCUT2D eigenvalue weighted by Gasteiger charge is 2.29. The number of aliphatic hydroxyl groups is 2. The van der Waals surface area contributed by atoms with Crippen molar-refractivity contribution in [2.24, 2.45) is 5.41 Å². The second kappa shape index (κ2) is 10.8. The van der Waals surface area contributed by atoms with E-state index in [2.05, 4.69) is 14.7 Å². The molecular formula is C29H30N4O6S. The molecule has 40 heavy (non-hydrogen) atoms. The molecule has 3 aromatic heterocycles. The number of aryl methyl sites for hydroxylation is 1. The minimum Gasteiger partial charge on any atom is -0.396 e. The standard InChI is InChI=1S/C29H30N4O6S/c1-4-19-13-22-25(36)32(15-23(35)29(2,3)16-34)28(38)33(26(22)40-19)14-17-9-11-18(12-10-17)20-7-5-6-8-21(20)24-30-27(37)39-31-24/h5-13,23,34-35H,4,14-16H2,1-3H3,(H,30,31,37). The van der Waals surface area contributed by atoms with Crippen LogP contribution in [0.4, 0.5) is 0 Å². The van der Waals surface area contributed by atoms with Crippen molar-refractivity contribution in [1.82, 2.24) is 19.3 Å². The lowest BCUT2D eigenvalue weighted by Gasteiger charge is -2.28. The van der Waals surface area contributed by atoms with Crippen molar-refractivity contribution >= 4 is 21.6 Å². The van der Waals surface area contributed by atoms with E-state index >= 15 is 0 Å². The lowest BCUT2D eigenvalue weighted by molar-refractivity contribution is -0.00377. The Morgan fingerprint density at radius 2 is 1.75 bits per heavy atom. The molecule has 10 nitrogen and oxygen atoms in total. The van der Waals surface area contributed by atoms with Crippen LogP contribution in [0.1, 0.15) is 31.2 Å². The van der Waals surface area contributed by atoms with Gasteiger partial charge in [0.25, 0.3) is 5.56 Å². The maximum Gasteiger partial charge on any atom is 0.439 e. The van der Waals surface area contributed by atoms with Crippen LogP contribution in [-0.4, -0.2) is 42.2 Å². The molecule has 0 spiro atoms. The van der Waals surface area contributed by atoms with Crippen LogP contribution in [0.3, 0.4) is 0 Å². The molecule has 0 radical (unpaired) electrons. The number of thiophene rings is 1. The average Bonchev–Trinajstić information content (AvgIpc) is 3.60. The number of hydrogen-bond donors (Lipinski definition) is 3. The summed E-state index contributed by atoms with van der Waals surface area (Å²) in [4.78, 5) is 42.6. The van der Waals surface area contributed by atoms with Gasteiger partial charge in [0.15, 0.2) is 5.82 Å². The molecular weight excluding hydrogens is 532 g/mol. The number of nitrogens with zero attached hydrogens (tertiary/aromatic N) is 3. The van der Waals surface area contributed by atoms with Crippen molar-refractivity contribution in [3.63, 3.8) is 0 Å². The Bertz CT molecular complexity index is 1840. The van der Waals surface area contributed by atoms with Crippen LogP contribution in [0, 0.1) is 5.41 Å². The smallest absolute Gasteiger partial charge is 0.396 e. The quantitative estimate of drug-likeness (QED) is 0.250. The van der Waals surface area contributed by atoms with E-state index in [1.54, 1.807) is 18.4 Å². The molecule has 208 valence electrons. The number of aliphatic hydroxyl groups excluding tert-OH is 2. The van der Waals surface area contributed by atoms with Gasteiger partial charge in [-0.1, -0.05) is 74.5 Å². The second-order valence-corrected chi connectivity index (χ2v) is 11.5. The summed E-state index contributed by atoms with van der Waals surface area (Å²) in [5.74, 6) is -0.303. The van der Waals surface area contributed by atoms with Gasteiger partial charge < -0.3 is 10.2 Å². The predicted octanol–water partition coefficient (Wildman–Crippen LogP) is 3.23. The maximum absolute atomic E-state index is 13.7. The van der Waals surface area contributed by atoms with Crippen LogP contribution in [0.25, 0.3) is 32.7 Å². The molecule has 5 aromatic rings. The topological polar surface area (TPSA) is 143 Å². The highest BCUT2D eigenvalue weighted by atomic mass is 32.1. The normalized spacial score (nSPS) is 12.7. The Balaban J connectivity index is 1.54. The van der Waals surface area contributed by atoms with Crippen LogP contribution in [0.5, 0.6) is 0 Å². The van der Waals surface area contributed by atoms with E-state index in [9.17, 15) is 24.6 Å². The number of aromatic nitrogens is 4. The zero-order valence-electron chi connectivity index (χ0n) is 22.4.